The molecule has 1 aliphatic carbocycles. The summed E-state index contributed by atoms with van der Waals surface area (Å²) in [5.41, 5.74) is 14.0. The summed E-state index contributed by atoms with van der Waals surface area (Å²) in [5, 5.41) is 2.70. The van der Waals surface area contributed by atoms with Gasteiger partial charge in [0.05, 0.1) is 5.52 Å². The Morgan fingerprint density at radius 2 is 1.16 bits per heavy atom. The zero-order valence-corrected chi connectivity index (χ0v) is 26.0. The fourth-order valence-corrected chi connectivity index (χ4v) is 7.41. The van der Waals surface area contributed by atoms with Crippen molar-refractivity contribution in [3.63, 3.8) is 0 Å². The second-order valence-electron chi connectivity index (χ2n) is 12.5. The minimum Gasteiger partial charge on any atom is -0.340 e. The van der Waals surface area contributed by atoms with Crippen LogP contribution >= 0.6 is 0 Å². The van der Waals surface area contributed by atoms with Crippen molar-refractivity contribution in [1.82, 2.24) is 4.57 Å². The van der Waals surface area contributed by atoms with Crippen LogP contribution in [0.1, 0.15) is 43.0 Å². The van der Waals surface area contributed by atoms with Gasteiger partial charge in [-0.1, -0.05) is 123 Å². The van der Waals surface area contributed by atoms with E-state index in [1.165, 1.54) is 55.2 Å². The molecule has 0 aliphatic heterocycles. The van der Waals surface area contributed by atoms with Crippen molar-refractivity contribution in [2.75, 3.05) is 4.90 Å². The van der Waals surface area contributed by atoms with E-state index in [1.807, 2.05) is 0 Å². The maximum Gasteiger partial charge on any atom is 0.0539 e. The van der Waals surface area contributed by atoms with Gasteiger partial charge in [-0.25, -0.2) is 0 Å². The van der Waals surface area contributed by atoms with Crippen LogP contribution in [0, 0.1) is 0 Å². The molecule has 218 valence electrons. The summed E-state index contributed by atoms with van der Waals surface area (Å²) < 4.78 is 2.51. The highest BCUT2D eigenvalue weighted by atomic mass is 15.1. The molecule has 0 bridgehead atoms. The lowest BCUT2D eigenvalue weighted by Crippen LogP contribution is -2.16. The van der Waals surface area contributed by atoms with Gasteiger partial charge in [0.25, 0.3) is 0 Å². The van der Waals surface area contributed by atoms with Crippen molar-refractivity contribution >= 4 is 51.0 Å². The van der Waals surface area contributed by atoms with E-state index in [2.05, 4.69) is 182 Å². The molecule has 0 saturated heterocycles. The smallest absolute Gasteiger partial charge is 0.0539 e. The van der Waals surface area contributed by atoms with Crippen molar-refractivity contribution in [3.8, 4) is 11.1 Å². The Morgan fingerprint density at radius 1 is 0.578 bits per heavy atom. The van der Waals surface area contributed by atoms with Gasteiger partial charge in [0.2, 0.25) is 0 Å². The monoisotopic (exact) mass is 580 g/mol. The molecule has 45 heavy (non-hydrogen) atoms. The highest BCUT2D eigenvalue weighted by Crippen LogP contribution is 2.52. The Bertz CT molecular complexity index is 2160. The first kappa shape index (κ1) is 27.2. The van der Waals surface area contributed by atoms with Crippen molar-refractivity contribution in [2.24, 2.45) is 0 Å². The molecule has 0 spiro atoms. The molecule has 0 unspecified atom stereocenters. The first-order valence-corrected chi connectivity index (χ1v) is 15.9. The number of para-hydroxylation sites is 3. The SMILES string of the molecule is CCn1c2ccccc2c2ccc3c(c21)C(C)(C)c1cc(C=Cc2ccc(N(c4ccccc4)c4ccccc4)cc2)ccc1-3. The summed E-state index contributed by atoms with van der Waals surface area (Å²) in [7, 11) is 0. The minimum absolute atomic E-state index is 0.102. The number of nitrogens with zero attached hydrogens (tertiary/aromatic N) is 2. The number of aromatic nitrogens is 1. The van der Waals surface area contributed by atoms with Crippen LogP contribution in [0.4, 0.5) is 17.1 Å². The van der Waals surface area contributed by atoms with Crippen LogP contribution in [-0.2, 0) is 12.0 Å². The van der Waals surface area contributed by atoms with Gasteiger partial charge in [-0.2, -0.15) is 0 Å². The number of hydrogen-bond acceptors (Lipinski definition) is 1. The summed E-state index contributed by atoms with van der Waals surface area (Å²) in [6.45, 7) is 8.00. The lowest BCUT2D eigenvalue weighted by molar-refractivity contribution is 0.659. The van der Waals surface area contributed by atoms with E-state index in [0.29, 0.717) is 0 Å². The molecule has 0 radical (unpaired) electrons. The lowest BCUT2D eigenvalue weighted by atomic mass is 9.81. The summed E-state index contributed by atoms with van der Waals surface area (Å²) in [6.07, 6.45) is 4.47. The van der Waals surface area contributed by atoms with Crippen LogP contribution < -0.4 is 4.90 Å². The third-order valence-electron chi connectivity index (χ3n) is 9.53. The van der Waals surface area contributed by atoms with Gasteiger partial charge in [-0.15, -0.1) is 0 Å². The van der Waals surface area contributed by atoms with E-state index in [9.17, 15) is 0 Å². The Balaban J connectivity index is 1.13. The van der Waals surface area contributed by atoms with Crippen molar-refractivity contribution < 1.29 is 0 Å². The van der Waals surface area contributed by atoms with Gasteiger partial charge < -0.3 is 9.47 Å². The molecule has 1 heterocycles. The highest BCUT2D eigenvalue weighted by Gasteiger charge is 2.38. The van der Waals surface area contributed by atoms with Crippen LogP contribution in [0.5, 0.6) is 0 Å². The van der Waals surface area contributed by atoms with Crippen molar-refractivity contribution in [2.45, 2.75) is 32.7 Å². The Morgan fingerprint density at radius 3 is 1.84 bits per heavy atom. The third-order valence-corrected chi connectivity index (χ3v) is 9.53. The number of hydrogen-bond donors (Lipinski definition) is 0. The maximum absolute atomic E-state index is 2.51. The number of benzene rings is 6. The minimum atomic E-state index is -0.102. The average Bonchev–Trinajstić information content (AvgIpc) is 3.53. The average molecular weight is 581 g/mol. The summed E-state index contributed by atoms with van der Waals surface area (Å²) in [6, 6.07) is 50.4. The molecule has 2 nitrogen and oxygen atoms in total. The molecule has 1 aromatic heterocycles. The molecule has 8 rings (SSSR count). The van der Waals surface area contributed by atoms with Gasteiger partial charge in [0.1, 0.15) is 0 Å². The van der Waals surface area contributed by atoms with E-state index < -0.39 is 0 Å². The summed E-state index contributed by atoms with van der Waals surface area (Å²) in [4.78, 5) is 2.29. The predicted octanol–water partition coefficient (Wildman–Crippen LogP) is 11.8. The number of anilines is 3. The fraction of sp³-hybridized carbons (Fsp3) is 0.116. The summed E-state index contributed by atoms with van der Waals surface area (Å²) >= 11 is 0. The predicted molar refractivity (Wildman–Crippen MR) is 193 cm³/mol. The molecule has 0 amide bonds. The molecule has 0 saturated carbocycles. The molecule has 0 atom stereocenters. The van der Waals surface area contributed by atoms with E-state index in [0.717, 1.165) is 23.6 Å². The molecule has 1 aliphatic rings. The Kier molecular flexibility index (Phi) is 6.46. The molecule has 0 fully saturated rings. The molecule has 2 heteroatoms. The number of rotatable bonds is 6. The summed E-state index contributed by atoms with van der Waals surface area (Å²) in [5.74, 6) is 0. The normalized spacial score (nSPS) is 13.4. The quantitative estimate of drug-likeness (QED) is 0.178. The van der Waals surface area contributed by atoms with E-state index in [4.69, 9.17) is 0 Å². The van der Waals surface area contributed by atoms with Crippen molar-refractivity contribution in [1.29, 1.82) is 0 Å². The molecule has 6 aromatic carbocycles. The van der Waals surface area contributed by atoms with Gasteiger partial charge >= 0.3 is 0 Å². The second kappa shape index (κ2) is 10.7. The number of fused-ring (bicyclic) bond motifs is 7. The lowest BCUT2D eigenvalue weighted by Gasteiger charge is -2.25. The van der Waals surface area contributed by atoms with E-state index in [1.54, 1.807) is 0 Å². The molecule has 7 aromatic rings. The largest absolute Gasteiger partial charge is 0.340 e. The topological polar surface area (TPSA) is 8.17 Å². The van der Waals surface area contributed by atoms with Crippen LogP contribution in [0.3, 0.4) is 0 Å². The van der Waals surface area contributed by atoms with Crippen molar-refractivity contribution in [3.05, 3.63) is 162 Å². The molecular formula is C43H36N2. The first-order valence-electron chi connectivity index (χ1n) is 15.9. The number of aryl methyl sites for hydroxylation is 1. The van der Waals surface area contributed by atoms with Crippen LogP contribution in [0.15, 0.2) is 140 Å². The first-order chi connectivity index (χ1) is 22.0. The van der Waals surface area contributed by atoms with Gasteiger partial charge in [0.15, 0.2) is 0 Å². The van der Waals surface area contributed by atoms with E-state index >= 15 is 0 Å². The van der Waals surface area contributed by atoms with Gasteiger partial charge in [-0.05, 0) is 82.8 Å². The zero-order valence-electron chi connectivity index (χ0n) is 26.0. The van der Waals surface area contributed by atoms with Crippen LogP contribution in [0.25, 0.3) is 45.1 Å². The maximum atomic E-state index is 2.51. The van der Waals surface area contributed by atoms with Crippen LogP contribution in [0.2, 0.25) is 0 Å². The Hall–Kier alpha value is -5.34. The second-order valence-corrected chi connectivity index (χ2v) is 12.5. The van der Waals surface area contributed by atoms with Crippen LogP contribution in [-0.4, -0.2) is 4.57 Å². The van der Waals surface area contributed by atoms with Gasteiger partial charge in [-0.3, -0.25) is 0 Å². The van der Waals surface area contributed by atoms with Gasteiger partial charge in [0, 0.05) is 45.3 Å². The third kappa shape index (κ3) is 4.40. The fourth-order valence-electron chi connectivity index (χ4n) is 7.41. The zero-order chi connectivity index (χ0) is 30.5. The molecule has 0 N–H and O–H groups in total. The standard InChI is InChI=1S/C43H36N2/c1-4-44-40-18-12-11-17-36(40)38-28-27-37-35-26-23-31(29-39(35)43(2,3)41(37)42(38)44)20-19-30-21-24-34(25-22-30)45(32-13-7-5-8-14-32)33-15-9-6-10-16-33/h5-29H,4H2,1-3H3. The Labute approximate surface area is 265 Å². The molecular weight excluding hydrogens is 544 g/mol. The highest BCUT2D eigenvalue weighted by molar-refractivity contribution is 6.12. The van der Waals surface area contributed by atoms with E-state index in [-0.39, 0.29) is 5.41 Å².